The Labute approximate surface area is 145 Å². The van der Waals surface area contributed by atoms with E-state index >= 15 is 0 Å². The molecule has 132 valence electrons. The average Bonchev–Trinajstić information content (AvgIpc) is 3.06. The second-order valence-electron chi connectivity index (χ2n) is 6.39. The standard InChI is InChI=1S/C19H21FN2O3/c1-13-12-16(21-25-13)17-4-2-3-11-22(17)19(24)10-9-18(23)14-5-7-15(20)8-6-14/h5-8,12,17H,2-4,9-11H2,1H3. The molecule has 1 amide bonds. The molecule has 2 aromatic rings. The Morgan fingerprint density at radius 3 is 2.68 bits per heavy atom. The van der Waals surface area contributed by atoms with E-state index in [0.717, 1.165) is 30.7 Å². The van der Waals surface area contributed by atoms with Crippen LogP contribution in [0, 0.1) is 12.7 Å². The number of Topliss-reactive ketones (excluding diaryl/α,β-unsaturated/α-hetero) is 1. The van der Waals surface area contributed by atoms with Crippen molar-refractivity contribution in [1.29, 1.82) is 0 Å². The van der Waals surface area contributed by atoms with Gasteiger partial charge in [0.25, 0.3) is 0 Å². The Balaban J connectivity index is 1.62. The lowest BCUT2D eigenvalue weighted by molar-refractivity contribution is -0.135. The number of carbonyl (C=O) groups is 2. The maximum absolute atomic E-state index is 12.9. The molecular weight excluding hydrogens is 323 g/mol. The molecule has 1 aromatic carbocycles. The van der Waals surface area contributed by atoms with E-state index in [1.54, 1.807) is 4.90 Å². The molecule has 1 saturated heterocycles. The van der Waals surface area contributed by atoms with E-state index in [1.165, 1.54) is 24.3 Å². The zero-order valence-corrected chi connectivity index (χ0v) is 14.2. The molecule has 1 aliphatic heterocycles. The van der Waals surface area contributed by atoms with Gasteiger partial charge >= 0.3 is 0 Å². The van der Waals surface area contributed by atoms with Gasteiger partial charge in [0.15, 0.2) is 5.78 Å². The molecule has 5 nitrogen and oxygen atoms in total. The van der Waals surface area contributed by atoms with Gasteiger partial charge in [-0.25, -0.2) is 4.39 Å². The van der Waals surface area contributed by atoms with Crippen LogP contribution in [0.1, 0.15) is 60.0 Å². The number of aromatic nitrogens is 1. The van der Waals surface area contributed by atoms with Crippen LogP contribution in [-0.4, -0.2) is 28.3 Å². The smallest absolute Gasteiger partial charge is 0.223 e. The highest BCUT2D eigenvalue weighted by atomic mass is 19.1. The van der Waals surface area contributed by atoms with Crippen molar-refractivity contribution in [2.75, 3.05) is 6.54 Å². The van der Waals surface area contributed by atoms with Crippen LogP contribution in [0.25, 0.3) is 0 Å². The van der Waals surface area contributed by atoms with Crippen LogP contribution in [0.5, 0.6) is 0 Å². The first-order valence-corrected chi connectivity index (χ1v) is 8.56. The lowest BCUT2D eigenvalue weighted by atomic mass is 9.98. The lowest BCUT2D eigenvalue weighted by Crippen LogP contribution is -2.38. The molecule has 1 aromatic heterocycles. The summed E-state index contributed by atoms with van der Waals surface area (Å²) in [5, 5.41) is 4.05. The summed E-state index contributed by atoms with van der Waals surface area (Å²) < 4.78 is 18.1. The van der Waals surface area contributed by atoms with Gasteiger partial charge < -0.3 is 9.42 Å². The third-order valence-electron chi connectivity index (χ3n) is 4.54. The summed E-state index contributed by atoms with van der Waals surface area (Å²) in [5.74, 6) is 0.131. The van der Waals surface area contributed by atoms with E-state index < -0.39 is 0 Å². The molecule has 25 heavy (non-hydrogen) atoms. The largest absolute Gasteiger partial charge is 0.361 e. The van der Waals surface area contributed by atoms with E-state index in [4.69, 9.17) is 4.52 Å². The number of hydrogen-bond donors (Lipinski definition) is 0. The first kappa shape index (κ1) is 17.3. The summed E-state index contributed by atoms with van der Waals surface area (Å²) in [7, 11) is 0. The summed E-state index contributed by atoms with van der Waals surface area (Å²) in [6.45, 7) is 2.49. The van der Waals surface area contributed by atoms with Crippen LogP contribution in [0.2, 0.25) is 0 Å². The Kier molecular flexibility index (Phi) is 5.26. The van der Waals surface area contributed by atoms with Crippen molar-refractivity contribution >= 4 is 11.7 Å². The van der Waals surface area contributed by atoms with Gasteiger partial charge in [0.2, 0.25) is 5.91 Å². The van der Waals surface area contributed by atoms with Crippen molar-refractivity contribution in [1.82, 2.24) is 10.1 Å². The molecule has 1 fully saturated rings. The number of hydrogen-bond acceptors (Lipinski definition) is 4. The van der Waals surface area contributed by atoms with Gasteiger partial charge in [-0.1, -0.05) is 5.16 Å². The average molecular weight is 344 g/mol. The highest BCUT2D eigenvalue weighted by Gasteiger charge is 2.30. The fraction of sp³-hybridized carbons (Fsp3) is 0.421. The minimum absolute atomic E-state index is 0.0548. The predicted molar refractivity (Wildman–Crippen MR) is 89.5 cm³/mol. The zero-order chi connectivity index (χ0) is 17.8. The fourth-order valence-electron chi connectivity index (χ4n) is 3.22. The van der Waals surface area contributed by atoms with Gasteiger partial charge in [0.05, 0.1) is 6.04 Å². The summed E-state index contributed by atoms with van der Waals surface area (Å²) in [5.41, 5.74) is 1.20. The number of aryl methyl sites for hydroxylation is 1. The fourth-order valence-corrected chi connectivity index (χ4v) is 3.22. The molecule has 0 bridgehead atoms. The van der Waals surface area contributed by atoms with E-state index in [0.29, 0.717) is 12.1 Å². The minimum Gasteiger partial charge on any atom is -0.361 e. The molecule has 0 N–H and O–H groups in total. The van der Waals surface area contributed by atoms with Gasteiger partial charge in [-0.3, -0.25) is 9.59 Å². The SMILES string of the molecule is Cc1cc(C2CCCCN2C(=O)CCC(=O)c2ccc(F)cc2)no1. The summed E-state index contributed by atoms with van der Waals surface area (Å²) >= 11 is 0. The van der Waals surface area contributed by atoms with Crippen molar-refractivity contribution in [2.24, 2.45) is 0 Å². The number of likely N-dealkylation sites (tertiary alicyclic amines) is 1. The molecule has 0 saturated carbocycles. The van der Waals surface area contributed by atoms with Crippen LogP contribution in [0.15, 0.2) is 34.9 Å². The van der Waals surface area contributed by atoms with Crippen molar-refractivity contribution in [3.05, 3.63) is 53.2 Å². The molecule has 1 atom stereocenters. The lowest BCUT2D eigenvalue weighted by Gasteiger charge is -2.34. The molecule has 0 spiro atoms. The number of nitrogens with zero attached hydrogens (tertiary/aromatic N) is 2. The van der Waals surface area contributed by atoms with Gasteiger partial charge in [0.1, 0.15) is 17.3 Å². The first-order valence-electron chi connectivity index (χ1n) is 8.56. The van der Waals surface area contributed by atoms with Crippen LogP contribution in [0.4, 0.5) is 4.39 Å². The van der Waals surface area contributed by atoms with Crippen LogP contribution in [0.3, 0.4) is 0 Å². The Morgan fingerprint density at radius 1 is 1.24 bits per heavy atom. The monoisotopic (exact) mass is 344 g/mol. The molecule has 0 aliphatic carbocycles. The Bertz CT molecular complexity index is 754. The van der Waals surface area contributed by atoms with Gasteiger partial charge in [-0.2, -0.15) is 0 Å². The quantitative estimate of drug-likeness (QED) is 0.773. The molecule has 0 radical (unpaired) electrons. The molecular formula is C19H21FN2O3. The minimum atomic E-state index is -0.383. The summed E-state index contributed by atoms with van der Waals surface area (Å²) in [6.07, 6.45) is 3.10. The van der Waals surface area contributed by atoms with Crippen LogP contribution < -0.4 is 0 Å². The molecule has 3 rings (SSSR count). The maximum Gasteiger partial charge on any atom is 0.223 e. The number of piperidine rings is 1. The van der Waals surface area contributed by atoms with E-state index in [9.17, 15) is 14.0 Å². The van der Waals surface area contributed by atoms with Gasteiger partial charge in [0, 0.05) is 31.0 Å². The van der Waals surface area contributed by atoms with Crippen LogP contribution in [-0.2, 0) is 4.79 Å². The maximum atomic E-state index is 12.9. The summed E-state index contributed by atoms with van der Waals surface area (Å²) in [4.78, 5) is 26.6. The van der Waals surface area contributed by atoms with E-state index in [1.807, 2.05) is 13.0 Å². The molecule has 1 aliphatic rings. The number of rotatable bonds is 5. The third-order valence-corrected chi connectivity index (χ3v) is 4.54. The highest BCUT2D eigenvalue weighted by molar-refractivity contribution is 5.97. The zero-order valence-electron chi connectivity index (χ0n) is 14.2. The topological polar surface area (TPSA) is 63.4 Å². The number of carbonyl (C=O) groups excluding carboxylic acids is 2. The number of halogens is 1. The number of amides is 1. The van der Waals surface area contributed by atoms with Gasteiger partial charge in [-0.15, -0.1) is 0 Å². The number of benzene rings is 1. The third kappa shape index (κ3) is 4.13. The second kappa shape index (κ2) is 7.59. The first-order chi connectivity index (χ1) is 12.0. The molecule has 2 heterocycles. The normalized spacial score (nSPS) is 17.5. The second-order valence-corrected chi connectivity index (χ2v) is 6.39. The molecule has 6 heteroatoms. The Morgan fingerprint density at radius 2 is 2.00 bits per heavy atom. The summed E-state index contributed by atoms with van der Waals surface area (Å²) in [6, 6.07) is 7.18. The predicted octanol–water partition coefficient (Wildman–Crippen LogP) is 3.84. The van der Waals surface area contributed by atoms with E-state index in [-0.39, 0.29) is 36.4 Å². The van der Waals surface area contributed by atoms with Crippen molar-refractivity contribution < 1.29 is 18.5 Å². The Hall–Kier alpha value is -2.50. The van der Waals surface area contributed by atoms with Gasteiger partial charge in [-0.05, 0) is 50.5 Å². The van der Waals surface area contributed by atoms with Crippen LogP contribution >= 0.6 is 0 Å². The van der Waals surface area contributed by atoms with Crippen molar-refractivity contribution in [3.63, 3.8) is 0 Å². The number of ketones is 1. The van der Waals surface area contributed by atoms with E-state index in [2.05, 4.69) is 5.16 Å². The van der Waals surface area contributed by atoms with Crippen molar-refractivity contribution in [2.45, 2.75) is 45.1 Å². The van der Waals surface area contributed by atoms with Crippen molar-refractivity contribution in [3.8, 4) is 0 Å². The molecule has 1 unspecified atom stereocenters. The highest BCUT2D eigenvalue weighted by Crippen LogP contribution is 2.31.